The van der Waals surface area contributed by atoms with Crippen LogP contribution < -0.4 is 4.74 Å². The summed E-state index contributed by atoms with van der Waals surface area (Å²) in [6.45, 7) is 8.19. The van der Waals surface area contributed by atoms with Gasteiger partial charge < -0.3 is 19.5 Å². The number of likely N-dealkylation sites (tertiary alicyclic amines) is 1. The van der Waals surface area contributed by atoms with Crippen LogP contribution in [0.25, 0.3) is 5.76 Å². The van der Waals surface area contributed by atoms with Gasteiger partial charge in [0.25, 0.3) is 11.7 Å². The second kappa shape index (κ2) is 10.7. The normalized spacial score (nSPS) is 20.7. The molecule has 34 heavy (non-hydrogen) atoms. The Morgan fingerprint density at radius 3 is 2.47 bits per heavy atom. The van der Waals surface area contributed by atoms with E-state index in [0.29, 0.717) is 44.2 Å². The lowest BCUT2D eigenvalue weighted by atomic mass is 9.94. The molecule has 7 nitrogen and oxygen atoms in total. The number of aliphatic hydroxyl groups excluding tert-OH is 1. The highest BCUT2D eigenvalue weighted by atomic mass is 79.9. The number of ether oxygens (including phenoxy) is 2. The zero-order valence-corrected chi connectivity index (χ0v) is 21.0. The van der Waals surface area contributed by atoms with Crippen LogP contribution in [0.4, 0.5) is 0 Å². The Morgan fingerprint density at radius 2 is 1.82 bits per heavy atom. The number of nitrogens with zero attached hydrogens (tertiary/aromatic N) is 2. The number of hydrogen-bond donors (Lipinski definition) is 1. The Kier molecular flexibility index (Phi) is 7.70. The lowest BCUT2D eigenvalue weighted by Crippen LogP contribution is -2.42. The smallest absolute Gasteiger partial charge is 0.295 e. The van der Waals surface area contributed by atoms with Crippen LogP contribution in [0.3, 0.4) is 0 Å². The summed E-state index contributed by atoms with van der Waals surface area (Å²) in [6, 6.07) is 12.1. The minimum absolute atomic E-state index is 0.113. The number of morpholine rings is 1. The van der Waals surface area contributed by atoms with E-state index in [1.54, 1.807) is 17.0 Å². The molecule has 0 spiro atoms. The summed E-state index contributed by atoms with van der Waals surface area (Å²) in [5, 5.41) is 11.3. The number of hydrogen-bond acceptors (Lipinski definition) is 6. The highest BCUT2D eigenvalue weighted by Gasteiger charge is 2.46. The van der Waals surface area contributed by atoms with Gasteiger partial charge >= 0.3 is 0 Å². The molecule has 4 rings (SSSR count). The quantitative estimate of drug-likeness (QED) is 0.333. The number of ketones is 1. The van der Waals surface area contributed by atoms with Crippen molar-refractivity contribution >= 4 is 33.4 Å². The monoisotopic (exact) mass is 528 g/mol. The van der Waals surface area contributed by atoms with E-state index in [1.807, 2.05) is 44.2 Å². The van der Waals surface area contributed by atoms with Crippen LogP contribution in [0.2, 0.25) is 0 Å². The Hall–Kier alpha value is -2.68. The fourth-order valence-corrected chi connectivity index (χ4v) is 4.74. The summed E-state index contributed by atoms with van der Waals surface area (Å²) in [5.41, 5.74) is 2.16. The van der Waals surface area contributed by atoms with Crippen molar-refractivity contribution in [2.75, 3.05) is 46.0 Å². The third-order valence-corrected chi connectivity index (χ3v) is 6.78. The van der Waals surface area contributed by atoms with Gasteiger partial charge in [0.2, 0.25) is 0 Å². The van der Waals surface area contributed by atoms with Crippen LogP contribution in [0.1, 0.15) is 29.7 Å². The van der Waals surface area contributed by atoms with Crippen LogP contribution in [-0.4, -0.2) is 72.6 Å². The zero-order valence-electron chi connectivity index (χ0n) is 19.4. The largest absolute Gasteiger partial charge is 0.507 e. The van der Waals surface area contributed by atoms with Crippen LogP contribution >= 0.6 is 15.9 Å². The summed E-state index contributed by atoms with van der Waals surface area (Å²) in [6.07, 6.45) is 0. The molecule has 0 aromatic heterocycles. The summed E-state index contributed by atoms with van der Waals surface area (Å²) >= 11 is 3.45. The molecule has 180 valence electrons. The third-order valence-electron chi connectivity index (χ3n) is 6.25. The maximum Gasteiger partial charge on any atom is 0.295 e. The minimum atomic E-state index is -0.667. The Labute approximate surface area is 208 Å². The molecule has 2 fully saturated rings. The number of rotatable bonds is 7. The average molecular weight is 529 g/mol. The first-order chi connectivity index (χ1) is 16.4. The lowest BCUT2D eigenvalue weighted by Gasteiger charge is -2.31. The van der Waals surface area contributed by atoms with Gasteiger partial charge in [-0.3, -0.25) is 14.5 Å². The fraction of sp³-hybridized carbons (Fsp3) is 0.385. The summed E-state index contributed by atoms with van der Waals surface area (Å²) < 4.78 is 11.9. The molecule has 1 N–H and O–H groups in total. The fourth-order valence-electron chi connectivity index (χ4n) is 4.48. The molecule has 8 heteroatoms. The number of carbonyl (C=O) groups excluding carboxylic acids is 2. The predicted octanol–water partition coefficient (Wildman–Crippen LogP) is 3.91. The molecule has 1 atom stereocenters. The number of benzene rings is 2. The molecule has 2 aromatic rings. The van der Waals surface area contributed by atoms with E-state index < -0.39 is 17.7 Å². The molecule has 0 unspecified atom stereocenters. The summed E-state index contributed by atoms with van der Waals surface area (Å²) in [7, 11) is 0. The third kappa shape index (κ3) is 5.04. The molecule has 2 aliphatic rings. The molecule has 0 bridgehead atoms. The second-order valence-corrected chi connectivity index (χ2v) is 9.32. The van der Waals surface area contributed by atoms with Crippen molar-refractivity contribution in [3.05, 3.63) is 69.2 Å². The number of carbonyl (C=O) groups is 2. The van der Waals surface area contributed by atoms with E-state index in [-0.39, 0.29) is 11.3 Å². The molecular formula is C26H29BrN2O5. The van der Waals surface area contributed by atoms with Gasteiger partial charge in [0.05, 0.1) is 31.4 Å². The van der Waals surface area contributed by atoms with Gasteiger partial charge in [-0.25, -0.2) is 0 Å². The topological polar surface area (TPSA) is 79.3 Å². The molecule has 2 heterocycles. The van der Waals surface area contributed by atoms with E-state index in [2.05, 4.69) is 20.8 Å². The van der Waals surface area contributed by atoms with Gasteiger partial charge in [-0.2, -0.15) is 0 Å². The van der Waals surface area contributed by atoms with Crippen molar-refractivity contribution in [3.8, 4) is 5.75 Å². The maximum atomic E-state index is 13.2. The van der Waals surface area contributed by atoms with Crippen LogP contribution in [-0.2, 0) is 14.3 Å². The van der Waals surface area contributed by atoms with E-state index in [9.17, 15) is 14.7 Å². The first kappa shape index (κ1) is 24.4. The van der Waals surface area contributed by atoms with Gasteiger partial charge in [0.15, 0.2) is 0 Å². The van der Waals surface area contributed by atoms with Crippen molar-refractivity contribution in [1.29, 1.82) is 0 Å². The molecule has 2 aromatic carbocycles. The highest BCUT2D eigenvalue weighted by molar-refractivity contribution is 9.10. The standard InChI is InChI=1S/C26H29BrN2O5/c1-3-34-20-8-9-21(17(2)16-20)24(30)22-23(18-4-6-19(27)7-5-18)29(26(32)25(22)31)11-10-28-12-14-33-15-13-28/h4-9,16,23,30H,3,10-15H2,1-2H3/t23-/m0/s1. The number of halogens is 1. The maximum absolute atomic E-state index is 13.2. The first-order valence-electron chi connectivity index (χ1n) is 11.5. The van der Waals surface area contributed by atoms with E-state index in [1.165, 1.54) is 0 Å². The van der Waals surface area contributed by atoms with Crippen LogP contribution in [0, 0.1) is 6.92 Å². The van der Waals surface area contributed by atoms with Crippen molar-refractivity contribution in [1.82, 2.24) is 9.80 Å². The van der Waals surface area contributed by atoms with E-state index >= 15 is 0 Å². The van der Waals surface area contributed by atoms with Crippen molar-refractivity contribution in [3.63, 3.8) is 0 Å². The molecule has 0 aliphatic carbocycles. The van der Waals surface area contributed by atoms with Gasteiger partial charge in [0.1, 0.15) is 11.5 Å². The molecular weight excluding hydrogens is 500 g/mol. The number of amides is 1. The van der Waals surface area contributed by atoms with E-state index in [0.717, 1.165) is 28.7 Å². The zero-order chi connectivity index (χ0) is 24.2. The Bertz CT molecular complexity index is 1090. The van der Waals surface area contributed by atoms with E-state index in [4.69, 9.17) is 9.47 Å². The highest BCUT2D eigenvalue weighted by Crippen LogP contribution is 2.40. The number of aryl methyl sites for hydroxylation is 1. The van der Waals surface area contributed by atoms with Gasteiger partial charge in [-0.15, -0.1) is 0 Å². The Morgan fingerprint density at radius 1 is 1.12 bits per heavy atom. The van der Waals surface area contributed by atoms with Crippen molar-refractivity contribution in [2.24, 2.45) is 0 Å². The predicted molar refractivity (Wildman–Crippen MR) is 133 cm³/mol. The summed E-state index contributed by atoms with van der Waals surface area (Å²) in [4.78, 5) is 30.2. The SMILES string of the molecule is CCOc1ccc(C(O)=C2C(=O)C(=O)N(CCN3CCOCC3)[C@H]2c2ccc(Br)cc2)c(C)c1. The molecule has 0 saturated carbocycles. The van der Waals surface area contributed by atoms with Crippen molar-refractivity contribution < 1.29 is 24.2 Å². The van der Waals surface area contributed by atoms with Gasteiger partial charge in [-0.05, 0) is 55.3 Å². The minimum Gasteiger partial charge on any atom is -0.507 e. The molecule has 2 aliphatic heterocycles. The van der Waals surface area contributed by atoms with Gasteiger partial charge in [-0.1, -0.05) is 28.1 Å². The average Bonchev–Trinajstić information content (AvgIpc) is 3.08. The molecule has 1 amide bonds. The molecule has 2 saturated heterocycles. The summed E-state index contributed by atoms with van der Waals surface area (Å²) in [5.74, 6) is -0.736. The molecule has 0 radical (unpaired) electrons. The lowest BCUT2D eigenvalue weighted by molar-refractivity contribution is -0.140. The van der Waals surface area contributed by atoms with Crippen molar-refractivity contribution in [2.45, 2.75) is 19.9 Å². The first-order valence-corrected chi connectivity index (χ1v) is 12.3. The van der Waals surface area contributed by atoms with Crippen LogP contribution in [0.5, 0.6) is 5.75 Å². The number of aliphatic hydroxyl groups is 1. The Balaban J connectivity index is 1.74. The van der Waals surface area contributed by atoms with Gasteiger partial charge in [0, 0.05) is 36.2 Å². The second-order valence-electron chi connectivity index (χ2n) is 8.41. The number of Topliss-reactive ketones (excluding diaryl/α,β-unsaturated/α-hetero) is 1. The van der Waals surface area contributed by atoms with Crippen LogP contribution in [0.15, 0.2) is 52.5 Å².